The highest BCUT2D eigenvalue weighted by atomic mass is 16.5. The fourth-order valence-corrected chi connectivity index (χ4v) is 1.54. The van der Waals surface area contributed by atoms with Gasteiger partial charge in [0, 0.05) is 14.1 Å². The van der Waals surface area contributed by atoms with Gasteiger partial charge in [-0.2, -0.15) is 0 Å². The van der Waals surface area contributed by atoms with Crippen molar-refractivity contribution in [3.8, 4) is 11.5 Å². The summed E-state index contributed by atoms with van der Waals surface area (Å²) in [7, 11) is 4.96. The van der Waals surface area contributed by atoms with Crippen molar-refractivity contribution in [2.45, 2.75) is 19.4 Å². The number of rotatable bonds is 6. The lowest BCUT2D eigenvalue weighted by Gasteiger charge is -2.14. The Kier molecular flexibility index (Phi) is 5.63. The van der Waals surface area contributed by atoms with Crippen molar-refractivity contribution >= 4 is 5.91 Å². The van der Waals surface area contributed by atoms with Crippen LogP contribution in [-0.2, 0) is 4.79 Å². The van der Waals surface area contributed by atoms with Crippen molar-refractivity contribution in [2.24, 2.45) is 0 Å². The Morgan fingerprint density at radius 2 is 2.05 bits per heavy atom. The van der Waals surface area contributed by atoms with Crippen molar-refractivity contribution in [1.29, 1.82) is 0 Å². The predicted octanol–water partition coefficient (Wildman–Crippen LogP) is 1.61. The number of hydrogen-bond donors (Lipinski definition) is 1. The molecule has 1 N–H and O–H groups in total. The van der Waals surface area contributed by atoms with E-state index in [-0.39, 0.29) is 5.91 Å². The van der Waals surface area contributed by atoms with Gasteiger partial charge in [0.1, 0.15) is 0 Å². The van der Waals surface area contributed by atoms with Gasteiger partial charge in [-0.15, -0.1) is 0 Å². The molecule has 0 saturated carbocycles. The standard InChI is InChI=1S/C14H21NO4/c1-10(16)11-5-6-12(13(9-11)18-4)19-8-7-14(17)15(2)3/h5-6,9-10,16H,7-8H2,1-4H3/t10-/m1/s1. The Morgan fingerprint density at radius 3 is 2.58 bits per heavy atom. The monoisotopic (exact) mass is 267 g/mol. The summed E-state index contributed by atoms with van der Waals surface area (Å²) >= 11 is 0. The summed E-state index contributed by atoms with van der Waals surface area (Å²) in [4.78, 5) is 12.9. The number of methoxy groups -OCH3 is 1. The van der Waals surface area contributed by atoms with E-state index in [0.29, 0.717) is 24.5 Å². The number of carbonyl (C=O) groups excluding carboxylic acids is 1. The molecule has 0 radical (unpaired) electrons. The van der Waals surface area contributed by atoms with Gasteiger partial charge < -0.3 is 19.5 Å². The molecule has 0 spiro atoms. The van der Waals surface area contributed by atoms with Crippen molar-refractivity contribution < 1.29 is 19.4 Å². The third-order valence-electron chi connectivity index (χ3n) is 2.74. The molecular formula is C14H21NO4. The molecule has 1 aromatic carbocycles. The molecule has 5 nitrogen and oxygen atoms in total. The van der Waals surface area contributed by atoms with Gasteiger partial charge in [0.25, 0.3) is 0 Å². The molecule has 1 aromatic rings. The van der Waals surface area contributed by atoms with Crippen molar-refractivity contribution in [3.05, 3.63) is 23.8 Å². The van der Waals surface area contributed by atoms with Crippen LogP contribution in [0.15, 0.2) is 18.2 Å². The van der Waals surface area contributed by atoms with Crippen LogP contribution in [0.4, 0.5) is 0 Å². The molecule has 5 heteroatoms. The topological polar surface area (TPSA) is 59.0 Å². The smallest absolute Gasteiger partial charge is 0.225 e. The first-order valence-corrected chi connectivity index (χ1v) is 6.14. The summed E-state index contributed by atoms with van der Waals surface area (Å²) in [6.07, 6.45) is -0.243. The minimum absolute atomic E-state index is 0.0135. The molecule has 0 fully saturated rings. The van der Waals surface area contributed by atoms with Crippen molar-refractivity contribution in [3.63, 3.8) is 0 Å². The summed E-state index contributed by atoms with van der Waals surface area (Å²) in [6, 6.07) is 5.24. The lowest BCUT2D eigenvalue weighted by atomic mass is 10.1. The molecule has 0 bridgehead atoms. The number of aliphatic hydroxyl groups is 1. The van der Waals surface area contributed by atoms with Crippen LogP contribution in [0, 0.1) is 0 Å². The molecular weight excluding hydrogens is 246 g/mol. The Hall–Kier alpha value is -1.75. The summed E-state index contributed by atoms with van der Waals surface area (Å²) in [5, 5.41) is 9.50. The molecule has 106 valence electrons. The zero-order valence-corrected chi connectivity index (χ0v) is 11.8. The highest BCUT2D eigenvalue weighted by molar-refractivity contribution is 5.75. The molecule has 0 saturated heterocycles. The average Bonchev–Trinajstić information content (AvgIpc) is 2.38. The minimum atomic E-state index is -0.557. The Balaban J connectivity index is 2.65. The molecule has 0 unspecified atom stereocenters. The molecule has 1 atom stereocenters. The van der Waals surface area contributed by atoms with Crippen LogP contribution < -0.4 is 9.47 Å². The molecule has 0 aliphatic rings. The molecule has 1 amide bonds. The summed E-state index contributed by atoms with van der Waals surface area (Å²) in [6.45, 7) is 1.98. The molecule has 0 aliphatic carbocycles. The first-order chi connectivity index (χ1) is 8.95. The fourth-order valence-electron chi connectivity index (χ4n) is 1.54. The van der Waals surface area contributed by atoms with E-state index in [2.05, 4.69) is 0 Å². The maximum atomic E-state index is 11.4. The van der Waals surface area contributed by atoms with E-state index >= 15 is 0 Å². The fraction of sp³-hybridized carbons (Fsp3) is 0.500. The quantitative estimate of drug-likeness (QED) is 0.850. The summed E-state index contributed by atoms with van der Waals surface area (Å²) < 4.78 is 10.7. The van der Waals surface area contributed by atoms with Crippen LogP contribution in [-0.4, -0.2) is 43.7 Å². The van der Waals surface area contributed by atoms with E-state index in [9.17, 15) is 9.90 Å². The second-order valence-electron chi connectivity index (χ2n) is 4.47. The SMILES string of the molecule is COc1cc([C@@H](C)O)ccc1OCCC(=O)N(C)C. The Labute approximate surface area is 113 Å². The predicted molar refractivity (Wildman–Crippen MR) is 72.4 cm³/mol. The Morgan fingerprint density at radius 1 is 1.37 bits per heavy atom. The molecule has 19 heavy (non-hydrogen) atoms. The van der Waals surface area contributed by atoms with Gasteiger partial charge in [-0.25, -0.2) is 0 Å². The summed E-state index contributed by atoms with van der Waals surface area (Å²) in [5.74, 6) is 1.13. The number of hydrogen-bond acceptors (Lipinski definition) is 4. The first-order valence-electron chi connectivity index (χ1n) is 6.14. The second kappa shape index (κ2) is 6.99. The van der Waals surface area contributed by atoms with Gasteiger partial charge in [-0.1, -0.05) is 6.07 Å². The first kappa shape index (κ1) is 15.3. The zero-order chi connectivity index (χ0) is 14.4. The number of carbonyl (C=O) groups is 1. The number of nitrogens with zero attached hydrogens (tertiary/aromatic N) is 1. The van der Waals surface area contributed by atoms with Crippen LogP contribution in [0.3, 0.4) is 0 Å². The van der Waals surface area contributed by atoms with Gasteiger partial charge in [-0.05, 0) is 24.6 Å². The van der Waals surface area contributed by atoms with Gasteiger partial charge in [-0.3, -0.25) is 4.79 Å². The molecule has 0 heterocycles. The number of amides is 1. The normalized spacial score (nSPS) is 11.8. The number of aliphatic hydroxyl groups excluding tert-OH is 1. The van der Waals surface area contributed by atoms with Gasteiger partial charge >= 0.3 is 0 Å². The lowest BCUT2D eigenvalue weighted by molar-refractivity contribution is -0.129. The van der Waals surface area contributed by atoms with Gasteiger partial charge in [0.05, 0.1) is 26.2 Å². The number of ether oxygens (including phenoxy) is 2. The maximum Gasteiger partial charge on any atom is 0.225 e. The third kappa shape index (κ3) is 4.44. The largest absolute Gasteiger partial charge is 0.493 e. The zero-order valence-electron chi connectivity index (χ0n) is 11.8. The molecule has 0 aliphatic heterocycles. The van der Waals surface area contributed by atoms with E-state index in [1.165, 1.54) is 4.90 Å². The highest BCUT2D eigenvalue weighted by Gasteiger charge is 2.10. The highest BCUT2D eigenvalue weighted by Crippen LogP contribution is 2.30. The van der Waals surface area contributed by atoms with Crippen LogP contribution in [0.25, 0.3) is 0 Å². The van der Waals surface area contributed by atoms with Crippen LogP contribution >= 0.6 is 0 Å². The summed E-state index contributed by atoms with van der Waals surface area (Å²) in [5.41, 5.74) is 0.758. The Bertz CT molecular complexity index is 429. The van der Waals surface area contributed by atoms with Crippen LogP contribution in [0.1, 0.15) is 25.0 Å². The maximum absolute atomic E-state index is 11.4. The lowest BCUT2D eigenvalue weighted by Crippen LogP contribution is -2.23. The van der Waals surface area contributed by atoms with Crippen LogP contribution in [0.5, 0.6) is 11.5 Å². The van der Waals surface area contributed by atoms with E-state index in [1.807, 2.05) is 0 Å². The third-order valence-corrected chi connectivity index (χ3v) is 2.74. The van der Waals surface area contributed by atoms with Crippen LogP contribution in [0.2, 0.25) is 0 Å². The molecule has 1 rings (SSSR count). The van der Waals surface area contributed by atoms with Crippen molar-refractivity contribution in [1.82, 2.24) is 4.90 Å². The second-order valence-corrected chi connectivity index (χ2v) is 4.47. The molecule has 0 aromatic heterocycles. The van der Waals surface area contributed by atoms with Gasteiger partial charge in [0.2, 0.25) is 5.91 Å². The van der Waals surface area contributed by atoms with E-state index in [4.69, 9.17) is 9.47 Å². The van der Waals surface area contributed by atoms with E-state index in [0.717, 1.165) is 5.56 Å². The van der Waals surface area contributed by atoms with Crippen molar-refractivity contribution in [2.75, 3.05) is 27.8 Å². The average molecular weight is 267 g/mol. The van der Waals surface area contributed by atoms with E-state index in [1.54, 1.807) is 46.3 Å². The minimum Gasteiger partial charge on any atom is -0.493 e. The van der Waals surface area contributed by atoms with Gasteiger partial charge in [0.15, 0.2) is 11.5 Å². The van der Waals surface area contributed by atoms with E-state index < -0.39 is 6.10 Å². The number of benzene rings is 1.